The number of amides is 1. The van der Waals surface area contributed by atoms with Crippen LogP contribution < -0.4 is 9.62 Å². The molecule has 2 aromatic rings. The van der Waals surface area contributed by atoms with E-state index in [1.165, 1.54) is 29.6 Å². The van der Waals surface area contributed by atoms with Gasteiger partial charge in [-0.2, -0.15) is 0 Å². The first kappa shape index (κ1) is 18.7. The molecule has 8 heteroatoms. The van der Waals surface area contributed by atoms with Gasteiger partial charge in [0.2, 0.25) is 0 Å². The fraction of sp³-hybridized carbons (Fsp3) is 0.278. The number of anilines is 1. The number of nitrogens with zero attached hydrogens (tertiary/aromatic N) is 1. The van der Waals surface area contributed by atoms with E-state index in [0.29, 0.717) is 31.8 Å². The number of methoxy groups -OCH3 is 1. The van der Waals surface area contributed by atoms with Gasteiger partial charge in [-0.1, -0.05) is 29.8 Å². The first-order chi connectivity index (χ1) is 12.4. The summed E-state index contributed by atoms with van der Waals surface area (Å²) >= 11 is 6.16. The second-order valence-electron chi connectivity index (χ2n) is 5.85. The molecule has 2 aromatic carbocycles. The number of ether oxygens (including phenoxy) is 1. The van der Waals surface area contributed by atoms with Crippen LogP contribution in [0, 0.1) is 0 Å². The standard InChI is InChI=1S/C18H19ClN2O4S/c1-25-11-9-20-18(22)14-6-7-15(19)17(12-14)26(23,24)21-10-8-13-4-2-3-5-16(13)21/h2-7,12H,8-11H2,1H3,(H,20,22). The average Bonchev–Trinajstić information content (AvgIpc) is 3.07. The lowest BCUT2D eigenvalue weighted by Crippen LogP contribution is -2.30. The lowest BCUT2D eigenvalue weighted by atomic mass is 10.2. The molecule has 0 spiro atoms. The lowest BCUT2D eigenvalue weighted by Gasteiger charge is -2.20. The van der Waals surface area contributed by atoms with Gasteiger partial charge < -0.3 is 10.1 Å². The van der Waals surface area contributed by atoms with E-state index in [-0.39, 0.29) is 21.4 Å². The number of hydrogen-bond acceptors (Lipinski definition) is 4. The van der Waals surface area contributed by atoms with Gasteiger partial charge in [-0.25, -0.2) is 8.42 Å². The zero-order valence-corrected chi connectivity index (χ0v) is 15.8. The maximum atomic E-state index is 13.1. The van der Waals surface area contributed by atoms with Gasteiger partial charge >= 0.3 is 0 Å². The second kappa shape index (κ2) is 7.65. The molecule has 0 aliphatic carbocycles. The molecular formula is C18H19ClN2O4S. The molecule has 0 radical (unpaired) electrons. The molecule has 3 rings (SSSR count). The number of hydrogen-bond donors (Lipinski definition) is 1. The summed E-state index contributed by atoms with van der Waals surface area (Å²) in [6.45, 7) is 1.05. The van der Waals surface area contributed by atoms with Gasteiger partial charge in [0.05, 0.1) is 17.3 Å². The Morgan fingerprint density at radius 3 is 2.81 bits per heavy atom. The van der Waals surface area contributed by atoms with Gasteiger partial charge in [-0.05, 0) is 36.2 Å². The molecule has 0 bridgehead atoms. The first-order valence-corrected chi connectivity index (χ1v) is 9.94. The van der Waals surface area contributed by atoms with Crippen LogP contribution in [0.15, 0.2) is 47.4 Å². The van der Waals surface area contributed by atoms with Gasteiger partial charge in [-0.3, -0.25) is 9.10 Å². The molecule has 0 unspecified atom stereocenters. The van der Waals surface area contributed by atoms with E-state index in [4.69, 9.17) is 16.3 Å². The van der Waals surface area contributed by atoms with Crippen molar-refractivity contribution < 1.29 is 17.9 Å². The van der Waals surface area contributed by atoms with Crippen LogP contribution in [0.1, 0.15) is 15.9 Å². The molecule has 6 nitrogen and oxygen atoms in total. The Morgan fingerprint density at radius 1 is 1.27 bits per heavy atom. The number of halogens is 1. The summed E-state index contributed by atoms with van der Waals surface area (Å²) in [6.07, 6.45) is 0.643. The molecule has 1 N–H and O–H groups in total. The van der Waals surface area contributed by atoms with E-state index in [1.54, 1.807) is 12.1 Å². The Kier molecular flexibility index (Phi) is 5.50. The molecule has 1 amide bonds. The van der Waals surface area contributed by atoms with Crippen molar-refractivity contribution in [2.24, 2.45) is 0 Å². The fourth-order valence-electron chi connectivity index (χ4n) is 2.89. The maximum Gasteiger partial charge on any atom is 0.265 e. The van der Waals surface area contributed by atoms with Crippen LogP contribution >= 0.6 is 11.6 Å². The summed E-state index contributed by atoms with van der Waals surface area (Å²) in [5, 5.41) is 2.75. The van der Waals surface area contributed by atoms with E-state index < -0.39 is 10.0 Å². The van der Waals surface area contributed by atoms with Gasteiger partial charge in [0.15, 0.2) is 0 Å². The van der Waals surface area contributed by atoms with E-state index >= 15 is 0 Å². The van der Waals surface area contributed by atoms with Crippen molar-refractivity contribution in [3.63, 3.8) is 0 Å². The third-order valence-electron chi connectivity index (χ3n) is 4.20. The van der Waals surface area contributed by atoms with Crippen molar-refractivity contribution in [3.8, 4) is 0 Å². The number of benzene rings is 2. The van der Waals surface area contributed by atoms with Crippen molar-refractivity contribution in [2.75, 3.05) is 31.1 Å². The van der Waals surface area contributed by atoms with E-state index in [1.807, 2.05) is 12.1 Å². The molecule has 1 heterocycles. The minimum Gasteiger partial charge on any atom is -0.383 e. The Labute approximate surface area is 157 Å². The van der Waals surface area contributed by atoms with Crippen LogP contribution in [-0.2, 0) is 21.2 Å². The first-order valence-electron chi connectivity index (χ1n) is 8.12. The smallest absolute Gasteiger partial charge is 0.265 e. The number of rotatable bonds is 6. The summed E-state index contributed by atoms with van der Waals surface area (Å²) in [7, 11) is -2.33. The Bertz CT molecular complexity index is 931. The van der Waals surface area contributed by atoms with Crippen LogP contribution in [-0.4, -0.2) is 41.1 Å². The fourth-order valence-corrected chi connectivity index (χ4v) is 4.89. The molecule has 0 aromatic heterocycles. The second-order valence-corrected chi connectivity index (χ2v) is 8.09. The third kappa shape index (κ3) is 3.56. The van der Waals surface area contributed by atoms with E-state index in [0.717, 1.165) is 5.56 Å². The minimum absolute atomic E-state index is 0.0738. The van der Waals surface area contributed by atoms with E-state index in [9.17, 15) is 13.2 Å². The molecule has 0 fully saturated rings. The zero-order chi connectivity index (χ0) is 18.7. The molecule has 1 aliphatic rings. The highest BCUT2D eigenvalue weighted by Crippen LogP contribution is 2.35. The molecular weight excluding hydrogens is 376 g/mol. The number of para-hydroxylation sites is 1. The normalized spacial score (nSPS) is 13.5. The van der Waals surface area contributed by atoms with Gasteiger partial charge in [0, 0.05) is 25.8 Å². The van der Waals surface area contributed by atoms with Crippen molar-refractivity contribution in [3.05, 3.63) is 58.6 Å². The van der Waals surface area contributed by atoms with E-state index in [2.05, 4.69) is 5.32 Å². The predicted octanol–water partition coefficient (Wildman–Crippen LogP) is 2.47. The SMILES string of the molecule is COCCNC(=O)c1ccc(Cl)c(S(=O)(=O)N2CCc3ccccc32)c1. The minimum atomic E-state index is -3.87. The lowest BCUT2D eigenvalue weighted by molar-refractivity contribution is 0.0937. The molecule has 0 saturated carbocycles. The van der Waals surface area contributed by atoms with Crippen LogP contribution in [0.4, 0.5) is 5.69 Å². The van der Waals surface area contributed by atoms with Crippen molar-refractivity contribution in [2.45, 2.75) is 11.3 Å². The van der Waals surface area contributed by atoms with Crippen LogP contribution in [0.5, 0.6) is 0 Å². The Balaban J connectivity index is 1.93. The summed E-state index contributed by atoms with van der Waals surface area (Å²) in [4.78, 5) is 12.1. The molecule has 26 heavy (non-hydrogen) atoms. The summed E-state index contributed by atoms with van der Waals surface area (Å²) < 4.78 is 32.5. The zero-order valence-electron chi connectivity index (χ0n) is 14.2. The Hall–Kier alpha value is -2.09. The molecule has 138 valence electrons. The summed E-state index contributed by atoms with van der Waals surface area (Å²) in [5.74, 6) is -0.378. The molecule has 0 atom stereocenters. The quantitative estimate of drug-likeness (QED) is 0.763. The highest BCUT2D eigenvalue weighted by atomic mass is 35.5. The topological polar surface area (TPSA) is 75.7 Å². The Morgan fingerprint density at radius 2 is 2.04 bits per heavy atom. The average molecular weight is 395 g/mol. The third-order valence-corrected chi connectivity index (χ3v) is 6.49. The highest BCUT2D eigenvalue weighted by Gasteiger charge is 2.32. The number of fused-ring (bicyclic) bond motifs is 1. The molecule has 0 saturated heterocycles. The van der Waals surface area contributed by atoms with Gasteiger partial charge in [0.1, 0.15) is 4.90 Å². The monoisotopic (exact) mass is 394 g/mol. The maximum absolute atomic E-state index is 13.1. The number of nitrogens with one attached hydrogen (secondary N) is 1. The van der Waals surface area contributed by atoms with Crippen LogP contribution in [0.2, 0.25) is 5.02 Å². The number of sulfonamides is 1. The van der Waals surface area contributed by atoms with Gasteiger partial charge in [-0.15, -0.1) is 0 Å². The number of carbonyl (C=O) groups is 1. The van der Waals surface area contributed by atoms with Crippen molar-refractivity contribution >= 4 is 33.2 Å². The van der Waals surface area contributed by atoms with Crippen molar-refractivity contribution in [1.29, 1.82) is 0 Å². The highest BCUT2D eigenvalue weighted by molar-refractivity contribution is 7.93. The summed E-state index contributed by atoms with van der Waals surface area (Å²) in [5.41, 5.74) is 1.86. The summed E-state index contributed by atoms with van der Waals surface area (Å²) in [6, 6.07) is 11.6. The predicted molar refractivity (Wildman–Crippen MR) is 100 cm³/mol. The van der Waals surface area contributed by atoms with Crippen molar-refractivity contribution in [1.82, 2.24) is 5.32 Å². The van der Waals surface area contributed by atoms with Crippen LogP contribution in [0.25, 0.3) is 0 Å². The largest absolute Gasteiger partial charge is 0.383 e. The van der Waals surface area contributed by atoms with Crippen LogP contribution in [0.3, 0.4) is 0 Å². The van der Waals surface area contributed by atoms with Gasteiger partial charge in [0.25, 0.3) is 15.9 Å². The molecule has 1 aliphatic heterocycles. The number of carbonyl (C=O) groups excluding carboxylic acids is 1.